The van der Waals surface area contributed by atoms with Gasteiger partial charge in [0.25, 0.3) is 5.91 Å². The van der Waals surface area contributed by atoms with Gasteiger partial charge in [0.1, 0.15) is 11.6 Å². The molecule has 1 aliphatic heterocycles. The molecule has 1 amide bonds. The Balaban J connectivity index is 1.95. The smallest absolute Gasteiger partial charge is 0.256 e. The Morgan fingerprint density at radius 2 is 2.09 bits per heavy atom. The Kier molecular flexibility index (Phi) is 4.09. The summed E-state index contributed by atoms with van der Waals surface area (Å²) in [5.74, 6) is -1.53. The number of likely N-dealkylation sites (tertiary alicyclic amines) is 1. The van der Waals surface area contributed by atoms with Crippen LogP contribution in [-0.2, 0) is 0 Å². The number of aliphatic hydroxyl groups excluding tert-OH is 1. The van der Waals surface area contributed by atoms with E-state index in [4.69, 9.17) is 0 Å². The lowest BCUT2D eigenvalue weighted by molar-refractivity contribution is 0.0713. The molecule has 0 aliphatic carbocycles. The number of pyridine rings is 1. The third kappa shape index (κ3) is 3.07. The SMILES string of the molecule is Cc1ccc(C(=O)N2C[C@H](O)C[C@H]2c2cc(F)ccc2F)cn1. The number of carbonyl (C=O) groups excluding carboxylic acids is 1. The van der Waals surface area contributed by atoms with Gasteiger partial charge < -0.3 is 10.0 Å². The van der Waals surface area contributed by atoms with Crippen molar-refractivity contribution in [2.24, 2.45) is 0 Å². The number of hydrogen-bond donors (Lipinski definition) is 1. The number of aryl methyl sites for hydroxylation is 1. The van der Waals surface area contributed by atoms with Crippen molar-refractivity contribution in [3.05, 3.63) is 65.0 Å². The van der Waals surface area contributed by atoms with Crippen LogP contribution in [0, 0.1) is 18.6 Å². The molecule has 1 saturated heterocycles. The molecule has 0 spiro atoms. The zero-order valence-electron chi connectivity index (χ0n) is 12.5. The second-order valence-electron chi connectivity index (χ2n) is 5.72. The van der Waals surface area contributed by atoms with Crippen molar-refractivity contribution in [3.63, 3.8) is 0 Å². The molecule has 4 nitrogen and oxygen atoms in total. The van der Waals surface area contributed by atoms with Crippen LogP contribution in [0.4, 0.5) is 8.78 Å². The normalized spacial score (nSPS) is 20.8. The molecule has 0 saturated carbocycles. The molecule has 1 aromatic heterocycles. The number of benzene rings is 1. The highest BCUT2D eigenvalue weighted by Gasteiger charge is 2.37. The number of aromatic nitrogens is 1. The number of β-amino-alcohol motifs (C(OH)–C–C–N with tert-alkyl or cyclic N) is 1. The Morgan fingerprint density at radius 3 is 2.78 bits per heavy atom. The summed E-state index contributed by atoms with van der Waals surface area (Å²) in [6.07, 6.45) is 0.845. The summed E-state index contributed by atoms with van der Waals surface area (Å²) < 4.78 is 27.5. The van der Waals surface area contributed by atoms with Gasteiger partial charge in [-0.25, -0.2) is 8.78 Å². The third-order valence-electron chi connectivity index (χ3n) is 4.02. The molecule has 1 aliphatic rings. The summed E-state index contributed by atoms with van der Waals surface area (Å²) in [5.41, 5.74) is 1.21. The van der Waals surface area contributed by atoms with Crippen molar-refractivity contribution in [3.8, 4) is 0 Å². The minimum absolute atomic E-state index is 0.0767. The highest BCUT2D eigenvalue weighted by Crippen LogP contribution is 2.35. The second kappa shape index (κ2) is 6.04. The number of halogens is 2. The summed E-state index contributed by atoms with van der Waals surface area (Å²) in [6.45, 7) is 1.88. The molecule has 0 radical (unpaired) electrons. The van der Waals surface area contributed by atoms with Crippen LogP contribution in [0.25, 0.3) is 0 Å². The average molecular weight is 318 g/mol. The standard InChI is InChI=1S/C17H16F2N2O2/c1-10-2-3-11(8-20-10)17(23)21-9-13(22)7-16(21)14-6-12(18)4-5-15(14)19/h2-6,8,13,16,22H,7,9H2,1H3/t13-,16+/m1/s1. The van der Waals surface area contributed by atoms with Gasteiger partial charge in [-0.05, 0) is 43.7 Å². The fraction of sp³-hybridized carbons (Fsp3) is 0.294. The van der Waals surface area contributed by atoms with Crippen LogP contribution in [0.15, 0.2) is 36.5 Å². The first kappa shape index (κ1) is 15.6. The van der Waals surface area contributed by atoms with E-state index in [2.05, 4.69) is 4.98 Å². The summed E-state index contributed by atoms with van der Waals surface area (Å²) in [7, 11) is 0. The first-order valence-electron chi connectivity index (χ1n) is 7.32. The van der Waals surface area contributed by atoms with Crippen LogP contribution in [0.3, 0.4) is 0 Å². The molecular formula is C17H16F2N2O2. The molecule has 1 N–H and O–H groups in total. The molecule has 2 aromatic rings. The van der Waals surface area contributed by atoms with Crippen LogP contribution >= 0.6 is 0 Å². The molecule has 1 fully saturated rings. The van der Waals surface area contributed by atoms with E-state index in [9.17, 15) is 18.7 Å². The third-order valence-corrected chi connectivity index (χ3v) is 4.02. The van der Waals surface area contributed by atoms with Gasteiger partial charge in [-0.15, -0.1) is 0 Å². The average Bonchev–Trinajstić information content (AvgIpc) is 2.91. The number of aliphatic hydroxyl groups is 1. The molecule has 6 heteroatoms. The first-order valence-corrected chi connectivity index (χ1v) is 7.32. The summed E-state index contributed by atoms with van der Waals surface area (Å²) in [4.78, 5) is 18.1. The van der Waals surface area contributed by atoms with Crippen LogP contribution < -0.4 is 0 Å². The van der Waals surface area contributed by atoms with Crippen LogP contribution in [0.5, 0.6) is 0 Å². The molecule has 0 unspecified atom stereocenters. The number of amides is 1. The highest BCUT2D eigenvalue weighted by molar-refractivity contribution is 5.94. The maximum absolute atomic E-state index is 14.0. The maximum atomic E-state index is 14.0. The van der Waals surface area contributed by atoms with Crippen molar-refractivity contribution in [1.29, 1.82) is 0 Å². The molecule has 0 bridgehead atoms. The van der Waals surface area contributed by atoms with Gasteiger partial charge in [0.2, 0.25) is 0 Å². The number of hydrogen-bond acceptors (Lipinski definition) is 3. The van der Waals surface area contributed by atoms with Crippen LogP contribution in [0.2, 0.25) is 0 Å². The molecule has 1 aromatic carbocycles. The largest absolute Gasteiger partial charge is 0.391 e. The van der Waals surface area contributed by atoms with E-state index in [0.717, 1.165) is 23.9 Å². The quantitative estimate of drug-likeness (QED) is 0.926. The Labute approximate surface area is 132 Å². The van der Waals surface area contributed by atoms with Crippen molar-refractivity contribution < 1.29 is 18.7 Å². The maximum Gasteiger partial charge on any atom is 0.256 e. The van der Waals surface area contributed by atoms with Gasteiger partial charge in [-0.2, -0.15) is 0 Å². The van der Waals surface area contributed by atoms with Gasteiger partial charge in [0, 0.05) is 24.0 Å². The van der Waals surface area contributed by atoms with Gasteiger partial charge in [0.15, 0.2) is 0 Å². The molecule has 23 heavy (non-hydrogen) atoms. The second-order valence-corrected chi connectivity index (χ2v) is 5.72. The molecule has 2 heterocycles. The van der Waals surface area contributed by atoms with E-state index in [1.54, 1.807) is 19.1 Å². The van der Waals surface area contributed by atoms with Crippen LogP contribution in [-0.4, -0.2) is 33.5 Å². The van der Waals surface area contributed by atoms with E-state index in [0.29, 0.717) is 5.56 Å². The van der Waals surface area contributed by atoms with E-state index < -0.39 is 23.8 Å². The van der Waals surface area contributed by atoms with Gasteiger partial charge >= 0.3 is 0 Å². The Bertz CT molecular complexity index is 734. The van der Waals surface area contributed by atoms with Crippen LogP contribution in [0.1, 0.15) is 34.1 Å². The fourth-order valence-corrected chi connectivity index (χ4v) is 2.86. The summed E-state index contributed by atoms with van der Waals surface area (Å²) in [6, 6.07) is 5.78. The fourth-order valence-electron chi connectivity index (χ4n) is 2.86. The van der Waals surface area contributed by atoms with E-state index in [1.807, 2.05) is 0 Å². The lowest BCUT2D eigenvalue weighted by Gasteiger charge is -2.25. The lowest BCUT2D eigenvalue weighted by Crippen LogP contribution is -2.32. The molecule has 2 atom stereocenters. The first-order chi connectivity index (χ1) is 11.0. The Hall–Kier alpha value is -2.34. The van der Waals surface area contributed by atoms with Gasteiger partial charge in [-0.3, -0.25) is 9.78 Å². The van der Waals surface area contributed by atoms with E-state index >= 15 is 0 Å². The summed E-state index contributed by atoms with van der Waals surface area (Å²) in [5, 5.41) is 9.91. The van der Waals surface area contributed by atoms with Gasteiger partial charge in [-0.1, -0.05) is 0 Å². The number of nitrogens with zero attached hydrogens (tertiary/aromatic N) is 2. The van der Waals surface area contributed by atoms with Crippen molar-refractivity contribution in [1.82, 2.24) is 9.88 Å². The number of carbonyl (C=O) groups is 1. The lowest BCUT2D eigenvalue weighted by atomic mass is 10.0. The zero-order valence-corrected chi connectivity index (χ0v) is 12.5. The topological polar surface area (TPSA) is 53.4 Å². The number of rotatable bonds is 2. The van der Waals surface area contributed by atoms with Crippen molar-refractivity contribution >= 4 is 5.91 Å². The Morgan fingerprint density at radius 1 is 1.30 bits per heavy atom. The molecule has 3 rings (SSSR count). The molecular weight excluding hydrogens is 302 g/mol. The monoisotopic (exact) mass is 318 g/mol. The van der Waals surface area contributed by atoms with Crippen molar-refractivity contribution in [2.45, 2.75) is 25.5 Å². The zero-order chi connectivity index (χ0) is 16.6. The predicted octanol–water partition coefficient (Wildman–Crippen LogP) is 2.62. The summed E-state index contributed by atoms with van der Waals surface area (Å²) >= 11 is 0. The van der Waals surface area contributed by atoms with E-state index in [1.165, 1.54) is 11.1 Å². The van der Waals surface area contributed by atoms with Crippen molar-refractivity contribution in [2.75, 3.05) is 6.54 Å². The highest BCUT2D eigenvalue weighted by atomic mass is 19.1. The predicted molar refractivity (Wildman–Crippen MR) is 79.7 cm³/mol. The minimum Gasteiger partial charge on any atom is -0.391 e. The molecule has 120 valence electrons. The van der Waals surface area contributed by atoms with Gasteiger partial charge in [0.05, 0.1) is 17.7 Å². The van der Waals surface area contributed by atoms with E-state index in [-0.39, 0.29) is 24.4 Å². The minimum atomic E-state index is -0.773.